The van der Waals surface area contributed by atoms with E-state index in [4.69, 9.17) is 9.47 Å². The summed E-state index contributed by atoms with van der Waals surface area (Å²) in [5.41, 5.74) is 1.78. The lowest BCUT2D eigenvalue weighted by molar-refractivity contribution is -0.140. The quantitative estimate of drug-likeness (QED) is 0.199. The smallest absolute Gasteiger partial charge is 0.254 e. The van der Waals surface area contributed by atoms with Crippen molar-refractivity contribution in [1.29, 1.82) is 0 Å². The van der Waals surface area contributed by atoms with Gasteiger partial charge in [-0.15, -0.1) is 0 Å². The maximum absolute atomic E-state index is 13.1. The summed E-state index contributed by atoms with van der Waals surface area (Å²) in [6.45, 7) is 2.75. The van der Waals surface area contributed by atoms with Crippen molar-refractivity contribution in [1.82, 2.24) is 5.01 Å². The van der Waals surface area contributed by atoms with Crippen molar-refractivity contribution in [2.75, 3.05) is 6.61 Å². The van der Waals surface area contributed by atoms with E-state index in [2.05, 4.69) is 57.4 Å². The number of carbonyl (C=O) groups excluding carboxylic acids is 2. The normalized spacial score (nSPS) is 24.3. The van der Waals surface area contributed by atoms with E-state index in [1.54, 1.807) is 6.21 Å². The van der Waals surface area contributed by atoms with Crippen LogP contribution in [0.4, 0.5) is 0 Å². The van der Waals surface area contributed by atoms with Crippen LogP contribution in [0.1, 0.15) is 30.9 Å². The third kappa shape index (κ3) is 4.25. The molecule has 0 spiro atoms. The van der Waals surface area contributed by atoms with Crippen molar-refractivity contribution in [3.8, 4) is 11.5 Å². The Hall–Kier alpha value is -3.45. The van der Waals surface area contributed by atoms with Crippen LogP contribution in [-0.4, -0.2) is 29.6 Å². The minimum absolute atomic E-state index is 0.142. The molecule has 4 aliphatic rings. The van der Waals surface area contributed by atoms with Gasteiger partial charge in [0.2, 0.25) is 0 Å². The third-order valence-electron chi connectivity index (χ3n) is 7.64. The standard InChI is InChI=1S/C30H27BrN2O4/c1-2-36-25-15-18(16-32-33-29(34)26-20-10-11-21(13-12-20)27(26)30(33)35)14-24(31)28(25)37-17-22-8-5-7-19-6-3-4-9-23(19)22/h3-11,14-16,20-21,26-27H,2,12-13,17H2,1H3/b32-16-/t20-,21-,26-,27+/m0/s1. The number of hydrazone groups is 1. The largest absolute Gasteiger partial charge is 0.490 e. The van der Waals surface area contributed by atoms with E-state index in [9.17, 15) is 9.59 Å². The van der Waals surface area contributed by atoms with Gasteiger partial charge in [-0.1, -0.05) is 54.6 Å². The number of amides is 2. The zero-order chi connectivity index (χ0) is 25.5. The lowest BCUT2D eigenvalue weighted by Gasteiger charge is -2.37. The summed E-state index contributed by atoms with van der Waals surface area (Å²) in [5, 5.41) is 7.72. The summed E-state index contributed by atoms with van der Waals surface area (Å²) in [7, 11) is 0. The number of nitrogens with zero attached hydrogens (tertiary/aromatic N) is 2. The van der Waals surface area contributed by atoms with E-state index in [0.717, 1.165) is 34.2 Å². The van der Waals surface area contributed by atoms with E-state index in [1.807, 2.05) is 37.3 Å². The number of rotatable bonds is 7. The fraction of sp³-hybridized carbons (Fsp3) is 0.300. The first-order chi connectivity index (χ1) is 18.0. The van der Waals surface area contributed by atoms with E-state index < -0.39 is 0 Å². The van der Waals surface area contributed by atoms with Crippen LogP contribution < -0.4 is 9.47 Å². The van der Waals surface area contributed by atoms with Crippen molar-refractivity contribution < 1.29 is 19.1 Å². The molecule has 37 heavy (non-hydrogen) atoms. The Morgan fingerprint density at radius 2 is 1.68 bits per heavy atom. The van der Waals surface area contributed by atoms with E-state index in [0.29, 0.717) is 34.7 Å². The molecule has 1 aliphatic heterocycles. The summed E-state index contributed by atoms with van der Waals surface area (Å²) >= 11 is 3.62. The second kappa shape index (κ2) is 9.78. The maximum atomic E-state index is 13.1. The fourth-order valence-corrected chi connectivity index (χ4v) is 6.50. The molecular formula is C30H27BrN2O4. The Labute approximate surface area is 224 Å². The van der Waals surface area contributed by atoms with Crippen LogP contribution in [0, 0.1) is 23.7 Å². The minimum Gasteiger partial charge on any atom is -0.490 e. The molecule has 0 aromatic heterocycles. The van der Waals surface area contributed by atoms with Crippen LogP contribution in [0.15, 0.2) is 76.3 Å². The highest BCUT2D eigenvalue weighted by Gasteiger charge is 2.56. The van der Waals surface area contributed by atoms with Crippen LogP contribution >= 0.6 is 15.9 Å². The Kier molecular flexibility index (Phi) is 6.32. The molecule has 1 saturated carbocycles. The lowest BCUT2D eigenvalue weighted by Crippen LogP contribution is -2.38. The fourth-order valence-electron chi connectivity index (χ4n) is 5.93. The van der Waals surface area contributed by atoms with Crippen LogP contribution in [0.25, 0.3) is 10.8 Å². The highest BCUT2D eigenvalue weighted by molar-refractivity contribution is 9.10. The number of allylic oxidation sites excluding steroid dienone is 2. The molecule has 0 unspecified atom stereocenters. The van der Waals surface area contributed by atoms with Crippen molar-refractivity contribution in [3.05, 3.63) is 82.3 Å². The number of benzene rings is 3. The van der Waals surface area contributed by atoms with Gasteiger partial charge in [-0.2, -0.15) is 10.1 Å². The van der Waals surface area contributed by atoms with E-state index in [1.165, 1.54) is 0 Å². The molecule has 3 aromatic rings. The number of hydrogen-bond acceptors (Lipinski definition) is 5. The molecule has 4 atom stereocenters. The Balaban J connectivity index is 1.24. The van der Waals surface area contributed by atoms with Gasteiger partial charge >= 0.3 is 0 Å². The highest BCUT2D eigenvalue weighted by atomic mass is 79.9. The molecule has 7 rings (SSSR count). The number of fused-ring (bicyclic) bond motifs is 2. The summed E-state index contributed by atoms with van der Waals surface area (Å²) in [6.07, 6.45) is 7.68. The summed E-state index contributed by atoms with van der Waals surface area (Å²) in [6, 6.07) is 18.1. The Bertz CT molecular complexity index is 1410. The van der Waals surface area contributed by atoms with E-state index in [-0.39, 0.29) is 35.5 Å². The molecule has 2 bridgehead atoms. The number of carbonyl (C=O) groups is 2. The molecular weight excluding hydrogens is 532 g/mol. The summed E-state index contributed by atoms with van der Waals surface area (Å²) in [4.78, 5) is 26.1. The highest BCUT2D eigenvalue weighted by Crippen LogP contribution is 2.49. The first-order valence-corrected chi connectivity index (χ1v) is 13.5. The van der Waals surface area contributed by atoms with Crippen LogP contribution in [0.2, 0.25) is 0 Å². The number of imide groups is 1. The number of hydrogen-bond donors (Lipinski definition) is 0. The number of halogens is 1. The predicted octanol–water partition coefficient (Wildman–Crippen LogP) is 6.11. The second-order valence-corrected chi connectivity index (χ2v) is 10.6. The Morgan fingerprint density at radius 3 is 2.38 bits per heavy atom. The molecule has 0 radical (unpaired) electrons. The molecule has 2 fully saturated rings. The molecule has 6 nitrogen and oxygen atoms in total. The zero-order valence-electron chi connectivity index (χ0n) is 20.5. The summed E-state index contributed by atoms with van der Waals surface area (Å²) in [5.74, 6) is 0.510. The SMILES string of the molecule is CCOc1cc(/C=N\N2C(=O)[C@@H]3[C@H](C2=O)[C@H]2C=C[C@H]3CC2)cc(Br)c1OCc1cccc2ccccc12. The second-order valence-electron chi connectivity index (χ2n) is 9.76. The van der Waals surface area contributed by atoms with Crippen molar-refractivity contribution in [2.24, 2.45) is 28.8 Å². The van der Waals surface area contributed by atoms with Gasteiger partial charge in [0.25, 0.3) is 11.8 Å². The van der Waals surface area contributed by atoms with Crippen LogP contribution in [-0.2, 0) is 16.2 Å². The van der Waals surface area contributed by atoms with Crippen molar-refractivity contribution >= 4 is 44.7 Å². The molecule has 1 saturated heterocycles. The van der Waals surface area contributed by atoms with Gasteiger partial charge in [-0.05, 0) is 81.6 Å². The molecule has 1 heterocycles. The van der Waals surface area contributed by atoms with Crippen molar-refractivity contribution in [2.45, 2.75) is 26.4 Å². The number of ether oxygens (including phenoxy) is 2. The first-order valence-electron chi connectivity index (χ1n) is 12.7. The van der Waals surface area contributed by atoms with Crippen LogP contribution in [0.3, 0.4) is 0 Å². The van der Waals surface area contributed by atoms with Crippen LogP contribution in [0.5, 0.6) is 11.5 Å². The zero-order valence-corrected chi connectivity index (χ0v) is 22.1. The summed E-state index contributed by atoms with van der Waals surface area (Å²) < 4.78 is 12.8. The van der Waals surface area contributed by atoms with Gasteiger partial charge < -0.3 is 9.47 Å². The molecule has 0 N–H and O–H groups in total. The minimum atomic E-state index is -0.274. The van der Waals surface area contributed by atoms with Gasteiger partial charge in [0.15, 0.2) is 11.5 Å². The lowest BCUT2D eigenvalue weighted by atomic mass is 9.63. The monoisotopic (exact) mass is 558 g/mol. The first kappa shape index (κ1) is 23.9. The van der Waals surface area contributed by atoms with Gasteiger partial charge in [0, 0.05) is 0 Å². The van der Waals surface area contributed by atoms with Gasteiger partial charge in [-0.25, -0.2) is 0 Å². The molecule has 188 valence electrons. The average Bonchev–Trinajstić information content (AvgIpc) is 3.19. The van der Waals surface area contributed by atoms with Crippen molar-refractivity contribution in [3.63, 3.8) is 0 Å². The topological polar surface area (TPSA) is 68.2 Å². The van der Waals surface area contributed by atoms with Gasteiger partial charge in [-0.3, -0.25) is 9.59 Å². The Morgan fingerprint density at radius 1 is 0.973 bits per heavy atom. The van der Waals surface area contributed by atoms with E-state index >= 15 is 0 Å². The molecule has 7 heteroatoms. The van der Waals surface area contributed by atoms with Gasteiger partial charge in [0.1, 0.15) is 6.61 Å². The maximum Gasteiger partial charge on any atom is 0.254 e. The molecule has 2 amide bonds. The van der Waals surface area contributed by atoms with Gasteiger partial charge in [0.05, 0.1) is 29.1 Å². The molecule has 3 aromatic carbocycles. The third-order valence-corrected chi connectivity index (χ3v) is 8.23. The molecule has 3 aliphatic carbocycles. The predicted molar refractivity (Wildman–Crippen MR) is 145 cm³/mol. The average molecular weight is 559 g/mol.